The van der Waals surface area contributed by atoms with E-state index in [1.165, 1.54) is 0 Å². The Bertz CT molecular complexity index is 562. The van der Waals surface area contributed by atoms with Gasteiger partial charge in [0, 0.05) is 23.2 Å². The van der Waals surface area contributed by atoms with E-state index in [0.717, 1.165) is 17.3 Å². The predicted octanol–water partition coefficient (Wildman–Crippen LogP) is 3.38. The highest BCUT2D eigenvalue weighted by Gasteiger charge is 2.16. The number of nitrogens with one attached hydrogen (secondary N) is 1. The molecule has 1 heterocycles. The molecule has 2 rings (SSSR count). The third-order valence-electron chi connectivity index (χ3n) is 3.06. The molecule has 1 aromatic carbocycles. The monoisotopic (exact) mass is 264 g/mol. The van der Waals surface area contributed by atoms with Crippen LogP contribution in [0.3, 0.4) is 0 Å². The summed E-state index contributed by atoms with van der Waals surface area (Å²) in [5.74, 6) is 0.0364. The predicted molar refractivity (Wildman–Crippen MR) is 75.0 cm³/mol. The van der Waals surface area contributed by atoms with Crippen molar-refractivity contribution in [2.24, 2.45) is 0 Å². The van der Waals surface area contributed by atoms with Crippen molar-refractivity contribution in [2.45, 2.75) is 26.3 Å². The standard InChI is InChI=1S/C14H17ClN2O/c1-3-8-16-14(18)10(2)17-9-7-11-12(15)5-4-6-13(11)17/h4-7,9-10H,3,8H2,1-2H3,(H,16,18). The molecule has 0 bridgehead atoms. The molecular weight excluding hydrogens is 248 g/mol. The second-order valence-electron chi connectivity index (χ2n) is 4.36. The van der Waals surface area contributed by atoms with Gasteiger partial charge in [-0.15, -0.1) is 0 Å². The molecule has 0 aliphatic rings. The first-order chi connectivity index (χ1) is 8.65. The van der Waals surface area contributed by atoms with Gasteiger partial charge in [0.1, 0.15) is 6.04 Å². The van der Waals surface area contributed by atoms with E-state index < -0.39 is 0 Å². The summed E-state index contributed by atoms with van der Waals surface area (Å²) in [4.78, 5) is 12.0. The first kappa shape index (κ1) is 13.0. The Morgan fingerprint density at radius 1 is 1.44 bits per heavy atom. The normalized spacial score (nSPS) is 12.6. The Labute approximate surface area is 112 Å². The maximum atomic E-state index is 12.0. The average molecular weight is 265 g/mol. The van der Waals surface area contributed by atoms with Gasteiger partial charge in [0.25, 0.3) is 0 Å². The number of carbonyl (C=O) groups excluding carboxylic acids is 1. The number of aromatic nitrogens is 1. The van der Waals surface area contributed by atoms with Crippen LogP contribution in [-0.2, 0) is 4.79 Å². The molecule has 1 aromatic heterocycles. The molecule has 0 spiro atoms. The lowest BCUT2D eigenvalue weighted by atomic mass is 10.2. The van der Waals surface area contributed by atoms with E-state index >= 15 is 0 Å². The van der Waals surface area contributed by atoms with Gasteiger partial charge in [0.2, 0.25) is 5.91 Å². The number of hydrogen-bond donors (Lipinski definition) is 1. The fourth-order valence-corrected chi connectivity index (χ4v) is 2.24. The van der Waals surface area contributed by atoms with Crippen molar-refractivity contribution in [3.8, 4) is 0 Å². The summed E-state index contributed by atoms with van der Waals surface area (Å²) in [6, 6.07) is 7.45. The molecule has 0 saturated carbocycles. The maximum Gasteiger partial charge on any atom is 0.242 e. The van der Waals surface area contributed by atoms with Crippen LogP contribution < -0.4 is 5.32 Å². The van der Waals surface area contributed by atoms with E-state index in [2.05, 4.69) is 5.32 Å². The Kier molecular flexibility index (Phi) is 3.92. The van der Waals surface area contributed by atoms with E-state index in [9.17, 15) is 4.79 Å². The lowest BCUT2D eigenvalue weighted by Crippen LogP contribution is -2.31. The Hall–Kier alpha value is -1.48. The Balaban J connectivity index is 2.31. The van der Waals surface area contributed by atoms with E-state index in [1.807, 2.05) is 48.9 Å². The van der Waals surface area contributed by atoms with E-state index in [0.29, 0.717) is 11.6 Å². The van der Waals surface area contributed by atoms with Crippen LogP contribution in [0.1, 0.15) is 26.3 Å². The topological polar surface area (TPSA) is 34.0 Å². The highest BCUT2D eigenvalue weighted by molar-refractivity contribution is 6.35. The summed E-state index contributed by atoms with van der Waals surface area (Å²) in [5.41, 5.74) is 0.988. The minimum Gasteiger partial charge on any atom is -0.354 e. The van der Waals surface area contributed by atoms with Crippen molar-refractivity contribution in [3.63, 3.8) is 0 Å². The lowest BCUT2D eigenvalue weighted by Gasteiger charge is -2.15. The number of hydrogen-bond acceptors (Lipinski definition) is 1. The number of nitrogens with zero attached hydrogens (tertiary/aromatic N) is 1. The largest absolute Gasteiger partial charge is 0.354 e. The number of amides is 1. The second-order valence-corrected chi connectivity index (χ2v) is 4.77. The van der Waals surface area contributed by atoms with Crippen molar-refractivity contribution in [3.05, 3.63) is 35.5 Å². The molecule has 4 heteroatoms. The summed E-state index contributed by atoms with van der Waals surface area (Å²) < 4.78 is 1.95. The van der Waals surface area contributed by atoms with E-state index in [4.69, 9.17) is 11.6 Å². The average Bonchev–Trinajstić information content (AvgIpc) is 2.80. The smallest absolute Gasteiger partial charge is 0.242 e. The quantitative estimate of drug-likeness (QED) is 0.903. The van der Waals surface area contributed by atoms with Crippen LogP contribution in [0, 0.1) is 0 Å². The SMILES string of the molecule is CCCNC(=O)C(C)n1ccc2c(Cl)cccc21. The van der Waals surface area contributed by atoms with Gasteiger partial charge >= 0.3 is 0 Å². The number of rotatable bonds is 4. The van der Waals surface area contributed by atoms with Crippen LogP contribution in [-0.4, -0.2) is 17.0 Å². The first-order valence-corrected chi connectivity index (χ1v) is 6.55. The molecule has 96 valence electrons. The van der Waals surface area contributed by atoms with Gasteiger partial charge in [-0.25, -0.2) is 0 Å². The zero-order valence-electron chi connectivity index (χ0n) is 10.6. The Morgan fingerprint density at radius 3 is 2.94 bits per heavy atom. The number of carbonyl (C=O) groups is 1. The van der Waals surface area contributed by atoms with Crippen LogP contribution in [0.15, 0.2) is 30.5 Å². The number of benzene rings is 1. The first-order valence-electron chi connectivity index (χ1n) is 6.18. The van der Waals surface area contributed by atoms with Gasteiger partial charge < -0.3 is 9.88 Å². The van der Waals surface area contributed by atoms with Gasteiger partial charge in [-0.1, -0.05) is 24.6 Å². The van der Waals surface area contributed by atoms with Crippen LogP contribution in [0.4, 0.5) is 0 Å². The molecule has 0 fully saturated rings. The molecule has 2 aromatic rings. The van der Waals surface area contributed by atoms with Gasteiger partial charge in [-0.3, -0.25) is 4.79 Å². The molecule has 1 atom stereocenters. The summed E-state index contributed by atoms with van der Waals surface area (Å²) >= 11 is 6.12. The van der Waals surface area contributed by atoms with Gasteiger partial charge in [-0.05, 0) is 31.5 Å². The van der Waals surface area contributed by atoms with Crippen LogP contribution in [0.2, 0.25) is 5.02 Å². The minimum atomic E-state index is -0.229. The fraction of sp³-hybridized carbons (Fsp3) is 0.357. The summed E-state index contributed by atoms with van der Waals surface area (Å²) in [6.45, 7) is 4.64. The molecule has 0 saturated heterocycles. The number of halogens is 1. The molecule has 0 radical (unpaired) electrons. The summed E-state index contributed by atoms with van der Waals surface area (Å²) in [7, 11) is 0. The molecule has 18 heavy (non-hydrogen) atoms. The fourth-order valence-electron chi connectivity index (χ4n) is 2.01. The summed E-state index contributed by atoms with van der Waals surface area (Å²) in [5, 5.41) is 4.60. The van der Waals surface area contributed by atoms with E-state index in [1.54, 1.807) is 0 Å². The van der Waals surface area contributed by atoms with Crippen molar-refractivity contribution in [1.82, 2.24) is 9.88 Å². The Morgan fingerprint density at radius 2 is 2.22 bits per heavy atom. The van der Waals surface area contributed by atoms with Crippen molar-refractivity contribution in [1.29, 1.82) is 0 Å². The lowest BCUT2D eigenvalue weighted by molar-refractivity contribution is -0.123. The summed E-state index contributed by atoms with van der Waals surface area (Å²) in [6.07, 6.45) is 2.85. The van der Waals surface area contributed by atoms with Gasteiger partial charge in [0.15, 0.2) is 0 Å². The molecule has 1 amide bonds. The van der Waals surface area contributed by atoms with Crippen molar-refractivity contribution >= 4 is 28.4 Å². The molecule has 1 N–H and O–H groups in total. The molecule has 0 aliphatic carbocycles. The maximum absolute atomic E-state index is 12.0. The van der Waals surface area contributed by atoms with Crippen LogP contribution >= 0.6 is 11.6 Å². The molecule has 1 unspecified atom stereocenters. The van der Waals surface area contributed by atoms with Crippen molar-refractivity contribution < 1.29 is 4.79 Å². The molecule has 0 aliphatic heterocycles. The second kappa shape index (κ2) is 5.44. The van der Waals surface area contributed by atoms with Gasteiger partial charge in [-0.2, -0.15) is 0 Å². The zero-order chi connectivity index (χ0) is 13.1. The number of fused-ring (bicyclic) bond motifs is 1. The molecular formula is C14H17ClN2O. The van der Waals surface area contributed by atoms with E-state index in [-0.39, 0.29) is 11.9 Å². The van der Waals surface area contributed by atoms with Crippen molar-refractivity contribution in [2.75, 3.05) is 6.54 Å². The highest BCUT2D eigenvalue weighted by Crippen LogP contribution is 2.26. The minimum absolute atomic E-state index is 0.0364. The van der Waals surface area contributed by atoms with Crippen LogP contribution in [0.5, 0.6) is 0 Å². The molecule has 3 nitrogen and oxygen atoms in total. The third kappa shape index (κ3) is 2.36. The zero-order valence-corrected chi connectivity index (χ0v) is 11.4. The van der Waals surface area contributed by atoms with Gasteiger partial charge in [0.05, 0.1) is 5.52 Å². The third-order valence-corrected chi connectivity index (χ3v) is 3.39. The highest BCUT2D eigenvalue weighted by atomic mass is 35.5. The van der Waals surface area contributed by atoms with Crippen LogP contribution in [0.25, 0.3) is 10.9 Å².